The van der Waals surface area contributed by atoms with Crippen LogP contribution in [0.4, 0.5) is 16.0 Å². The van der Waals surface area contributed by atoms with Gasteiger partial charge in [-0.05, 0) is 22.3 Å². The second kappa shape index (κ2) is 38.2. The molecular weight excluding hydrogens is 1210 g/mol. The van der Waals surface area contributed by atoms with E-state index in [1.165, 1.54) is 16.2 Å². The normalized spacial score (nSPS) is 13.6. The van der Waals surface area contributed by atoms with Crippen LogP contribution in [-0.4, -0.2) is 231 Å². The van der Waals surface area contributed by atoms with Gasteiger partial charge in [0.15, 0.2) is 22.9 Å². The molecule has 91 heavy (non-hydrogen) atoms. The van der Waals surface area contributed by atoms with E-state index in [1.54, 1.807) is 43.5 Å². The van der Waals surface area contributed by atoms with Gasteiger partial charge in [0.05, 0.1) is 66.9 Å². The van der Waals surface area contributed by atoms with Crippen molar-refractivity contribution in [2.75, 3.05) is 72.5 Å². The zero-order valence-corrected chi connectivity index (χ0v) is 49.2. The van der Waals surface area contributed by atoms with Crippen LogP contribution in [0.3, 0.4) is 0 Å². The van der Waals surface area contributed by atoms with Crippen LogP contribution in [-0.2, 0) is 64.4 Å². The van der Waals surface area contributed by atoms with Crippen LogP contribution in [0.5, 0.6) is 12.0 Å². The quantitative estimate of drug-likeness (QED) is 0.0104. The summed E-state index contributed by atoms with van der Waals surface area (Å²) in [6.07, 6.45) is -10.6. The van der Waals surface area contributed by atoms with E-state index >= 15 is 0 Å². The molecule has 0 bridgehead atoms. The van der Waals surface area contributed by atoms with Crippen molar-refractivity contribution in [1.82, 2.24) is 55.0 Å². The van der Waals surface area contributed by atoms with Gasteiger partial charge in [-0.25, -0.2) is 14.4 Å². The number of amides is 3. The smallest absolute Gasteiger partial charge is 0.331 e. The van der Waals surface area contributed by atoms with Gasteiger partial charge in [0, 0.05) is 38.5 Å². The average molecular weight is 1290 g/mol. The minimum absolute atomic E-state index is 0.00360. The standard InChI is InChI=1S/C27H35N7O10.C21H24N6O6.C6H13NO5.CH3F/c1-14(25(41)30-17(12-35)21(39)22(40)18(37)13-36)9-19(38)29-10-15-3-5-16(6-4-15)11-34-24-20(31-27(34)42)23(28)32-26(33-24)44-8-7-43-2;1-12(19(29)30)9-15(28)23-10-13-3-5-14(6-4-13)11-27-18-16(24-21(27)31)17(22)25-20(26-18)33-8-7-32-2;7-3(1-8)5(11)6(12)4(10)2-9;1-2/h3-6,12,17-18,21-22,36-37,39-40H,1,7-11,13H2,2H3,(H,29,38)(H,30,41)(H,31,42)(H2,28,32,33);3-6H,1,7-11H2,2H3,(H,23,28)(H,24,31)(H,29,30)(H2,22,25,26);1,3-6,9-12H,2,7H2;1H3/t17-,18+,21+,22+;;3-,4+,5+,6+;/m0.0./s1/i;;;1D. The molecular formula is C55H75FN14O21. The van der Waals surface area contributed by atoms with Gasteiger partial charge in [0.25, 0.3) is 0 Å². The van der Waals surface area contributed by atoms with Crippen molar-refractivity contribution in [3.63, 3.8) is 0 Å². The van der Waals surface area contributed by atoms with E-state index in [1.807, 2.05) is 12.1 Å². The summed E-state index contributed by atoms with van der Waals surface area (Å²) in [6, 6.07) is 11.4. The van der Waals surface area contributed by atoms with Crippen LogP contribution in [0.25, 0.3) is 22.3 Å². The van der Waals surface area contributed by atoms with Crippen molar-refractivity contribution in [3.05, 3.63) is 116 Å². The van der Waals surface area contributed by atoms with E-state index in [0.717, 1.165) is 16.7 Å². The van der Waals surface area contributed by atoms with Crippen molar-refractivity contribution in [3.8, 4) is 12.0 Å². The number of ether oxygens (including phenoxy) is 4. The fourth-order valence-corrected chi connectivity index (χ4v) is 7.52. The number of fused-ring (bicyclic) bond motifs is 2. The number of nitrogen functional groups attached to an aromatic ring is 2. The summed E-state index contributed by atoms with van der Waals surface area (Å²) in [5.74, 6) is -2.97. The fourth-order valence-electron chi connectivity index (χ4n) is 7.52. The van der Waals surface area contributed by atoms with E-state index in [9.17, 15) is 58.1 Å². The Hall–Kier alpha value is -9.47. The number of anilines is 2. The number of nitrogens with zero attached hydrogens (tertiary/aromatic N) is 6. The Balaban J connectivity index is 0.000000402. The Morgan fingerprint density at radius 2 is 1.03 bits per heavy atom. The number of halogens is 1. The molecule has 0 radical (unpaired) electrons. The molecule has 498 valence electrons. The lowest BCUT2D eigenvalue weighted by Gasteiger charge is -2.26. The maximum atomic E-state index is 12.6. The van der Waals surface area contributed by atoms with Gasteiger partial charge in [-0.15, -0.1) is 0 Å². The lowest BCUT2D eigenvalue weighted by atomic mass is 10.0. The number of hydrogen-bond donors (Lipinski definition) is 17. The Morgan fingerprint density at radius 1 is 0.648 bits per heavy atom. The molecule has 0 aliphatic heterocycles. The molecule has 35 nitrogen and oxygen atoms in total. The Morgan fingerprint density at radius 3 is 1.40 bits per heavy atom. The molecule has 3 amide bonds. The maximum Gasteiger partial charge on any atom is 0.331 e. The van der Waals surface area contributed by atoms with Crippen molar-refractivity contribution in [1.29, 1.82) is 0 Å². The second-order valence-electron chi connectivity index (χ2n) is 19.3. The average Bonchev–Trinajstić information content (AvgIpc) is 1.64. The first-order chi connectivity index (χ1) is 43.7. The Bertz CT molecular complexity index is 3520. The number of imidazole rings is 2. The molecule has 2 aromatic carbocycles. The number of alkyl halides is 1. The molecule has 4 aromatic heterocycles. The third kappa shape index (κ3) is 23.1. The molecule has 0 saturated carbocycles. The number of aromatic amines is 2. The molecule has 8 atom stereocenters. The number of benzene rings is 2. The first-order valence-electron chi connectivity index (χ1n) is 27.6. The van der Waals surface area contributed by atoms with Crippen LogP contribution in [0, 0.1) is 0 Å². The topological polar surface area (TPSA) is 563 Å². The number of aliphatic carboxylic acids is 1. The highest BCUT2D eigenvalue weighted by atomic mass is 19.1. The number of aliphatic hydroxyl groups excluding tert-OH is 8. The van der Waals surface area contributed by atoms with Crippen LogP contribution in [0.2, 0.25) is 0 Å². The number of aromatic nitrogens is 8. The molecule has 6 rings (SSSR count). The van der Waals surface area contributed by atoms with Gasteiger partial charge in [-0.1, -0.05) is 61.7 Å². The first-order valence-corrected chi connectivity index (χ1v) is 26.9. The third-order valence-corrected chi connectivity index (χ3v) is 12.6. The predicted molar refractivity (Wildman–Crippen MR) is 319 cm³/mol. The van der Waals surface area contributed by atoms with E-state index in [0.29, 0.717) is 29.9 Å². The summed E-state index contributed by atoms with van der Waals surface area (Å²) >= 11 is 0. The number of carboxylic acid groups (broad SMARTS) is 1. The molecule has 6 aromatic rings. The number of aldehydes is 2. The largest absolute Gasteiger partial charge is 0.478 e. The minimum Gasteiger partial charge on any atom is -0.478 e. The minimum atomic E-state index is -1.92. The first kappa shape index (κ1) is 74.0. The van der Waals surface area contributed by atoms with Gasteiger partial charge in [-0.3, -0.25) is 27.9 Å². The van der Waals surface area contributed by atoms with Crippen molar-refractivity contribution in [2.45, 2.75) is 87.7 Å². The number of H-pyrrole nitrogens is 2. The van der Waals surface area contributed by atoms with Gasteiger partial charge in [0.2, 0.25) is 17.7 Å². The lowest BCUT2D eigenvalue weighted by Crippen LogP contribution is -2.53. The Kier molecular flexibility index (Phi) is 31.0. The summed E-state index contributed by atoms with van der Waals surface area (Å²) < 4.78 is 39.0. The van der Waals surface area contributed by atoms with Gasteiger partial charge < -0.3 is 118 Å². The zero-order valence-electron chi connectivity index (χ0n) is 50.2. The number of hydrogen-bond acceptors (Lipinski definition) is 27. The number of carbonyl (C=O) groups excluding carboxylic acids is 5. The SMILES string of the molecule is C=C(CC(=O)NCc1ccc(Cn2c(=O)[nH]c3c(N)nc(OCCOC)nc32)cc1)C(=O)N[C@@H](C=O)[C@@H](O)[C@H](O)[C@H](O)CO.C=C(CC(=O)NCc1ccc(Cn2c(=O)[nH]c3c(N)nc(OCCOC)nc32)cc1)C(=O)O.N[C@@H](C=O)[C@@H](O)[C@H](O)[C@H](O)CO.[2H]CF. The van der Waals surface area contributed by atoms with Gasteiger partial charge >= 0.3 is 29.4 Å². The molecule has 0 fully saturated rings. The third-order valence-electron chi connectivity index (χ3n) is 12.6. The van der Waals surface area contributed by atoms with E-state index in [-0.39, 0.29) is 104 Å². The number of nitrogens with two attached hydrogens (primary N) is 3. The van der Waals surface area contributed by atoms with Crippen LogP contribution in [0.1, 0.15) is 36.5 Å². The lowest BCUT2D eigenvalue weighted by molar-refractivity contribution is -0.134. The molecule has 0 aliphatic rings. The summed E-state index contributed by atoms with van der Waals surface area (Å²) in [6.45, 7) is 7.07. The molecule has 0 spiro atoms. The number of methoxy groups -OCH3 is 2. The highest BCUT2D eigenvalue weighted by Gasteiger charge is 2.33. The number of aliphatic hydroxyl groups is 8. The van der Waals surface area contributed by atoms with Gasteiger partial charge in [-0.2, -0.15) is 19.9 Å². The number of rotatable bonds is 33. The highest BCUT2D eigenvalue weighted by Crippen LogP contribution is 2.21. The van der Waals surface area contributed by atoms with E-state index in [2.05, 4.69) is 59.0 Å². The summed E-state index contributed by atoms with van der Waals surface area (Å²) in [7, 11) is 2.07. The van der Waals surface area contributed by atoms with Crippen LogP contribution >= 0.6 is 0 Å². The summed E-state index contributed by atoms with van der Waals surface area (Å²) in [5.41, 5.74) is 20.0. The van der Waals surface area contributed by atoms with E-state index < -0.39 is 111 Å². The van der Waals surface area contributed by atoms with Gasteiger partial charge in [0.1, 0.15) is 79.5 Å². The van der Waals surface area contributed by atoms with Crippen molar-refractivity contribution >= 4 is 70.2 Å². The summed E-state index contributed by atoms with van der Waals surface area (Å²) in [4.78, 5) is 116. The molecule has 20 N–H and O–H groups in total. The molecule has 36 heteroatoms. The maximum absolute atomic E-state index is 12.6. The van der Waals surface area contributed by atoms with E-state index in [4.69, 9.17) is 68.2 Å². The monoisotopic (exact) mass is 1290 g/mol. The van der Waals surface area contributed by atoms with Crippen molar-refractivity contribution in [2.24, 2.45) is 5.73 Å². The molecule has 0 saturated heterocycles. The Labute approximate surface area is 517 Å². The molecule has 0 unspecified atom stereocenters. The number of carboxylic acids is 1. The molecule has 0 aliphatic carbocycles. The van der Waals surface area contributed by atoms with Crippen molar-refractivity contribution < 1.29 is 99.4 Å². The highest BCUT2D eigenvalue weighted by molar-refractivity contribution is 5.99. The molecule has 4 heterocycles. The predicted octanol–water partition coefficient (Wildman–Crippen LogP) is -5.31. The zero-order chi connectivity index (χ0) is 68.8. The second-order valence-corrected chi connectivity index (χ2v) is 19.3. The number of carbonyl (C=O) groups is 6. The van der Waals surface area contributed by atoms with Crippen LogP contribution in [0.15, 0.2) is 82.4 Å². The fraction of sp³-hybridized carbons (Fsp3) is 0.418. The number of nitrogens with one attached hydrogen (secondary N) is 5. The van der Waals surface area contributed by atoms with Crippen LogP contribution < -0.4 is 54.0 Å². The summed E-state index contributed by atoms with van der Waals surface area (Å²) in [5, 5.41) is 89.4.